The van der Waals surface area contributed by atoms with Crippen LogP contribution in [0.1, 0.15) is 21.7 Å². The lowest BCUT2D eigenvalue weighted by Gasteiger charge is -2.13. The molecule has 0 fully saturated rings. The number of thioether (sulfide) groups is 1. The monoisotopic (exact) mass is 619 g/mol. The molecule has 1 aromatic heterocycles. The van der Waals surface area contributed by atoms with Gasteiger partial charge in [0.2, 0.25) is 5.91 Å². The molecular formula is C26H21BrF3N5O3S. The van der Waals surface area contributed by atoms with Crippen molar-refractivity contribution < 1.29 is 27.5 Å². The van der Waals surface area contributed by atoms with E-state index in [4.69, 9.17) is 4.74 Å². The van der Waals surface area contributed by atoms with Gasteiger partial charge < -0.3 is 15.4 Å². The molecule has 4 aromatic rings. The van der Waals surface area contributed by atoms with Crippen molar-refractivity contribution in [3.8, 4) is 11.4 Å². The van der Waals surface area contributed by atoms with Gasteiger partial charge in [0.1, 0.15) is 5.75 Å². The lowest BCUT2D eigenvalue weighted by Crippen LogP contribution is -2.24. The lowest BCUT2D eigenvalue weighted by molar-refractivity contribution is -0.137. The summed E-state index contributed by atoms with van der Waals surface area (Å²) in [6.07, 6.45) is -4.56. The van der Waals surface area contributed by atoms with Gasteiger partial charge in [0, 0.05) is 15.7 Å². The Kier molecular flexibility index (Phi) is 8.92. The Labute approximate surface area is 234 Å². The molecule has 3 aromatic carbocycles. The maximum absolute atomic E-state index is 13.4. The average Bonchev–Trinajstić information content (AvgIpc) is 3.34. The first-order valence-electron chi connectivity index (χ1n) is 11.4. The topological polar surface area (TPSA) is 98.1 Å². The number of nitrogens with one attached hydrogen (secondary N) is 2. The van der Waals surface area contributed by atoms with Gasteiger partial charge in [-0.05, 0) is 66.7 Å². The summed E-state index contributed by atoms with van der Waals surface area (Å²) in [7, 11) is 1.51. The molecule has 2 N–H and O–H groups in total. The summed E-state index contributed by atoms with van der Waals surface area (Å²) >= 11 is 4.33. The van der Waals surface area contributed by atoms with Crippen LogP contribution in [-0.2, 0) is 17.5 Å². The third kappa shape index (κ3) is 7.39. The van der Waals surface area contributed by atoms with Gasteiger partial charge in [-0.15, -0.1) is 10.2 Å². The van der Waals surface area contributed by atoms with E-state index in [1.54, 1.807) is 48.5 Å². The highest BCUT2D eigenvalue weighted by Gasteiger charge is 2.31. The highest BCUT2D eigenvalue weighted by Crippen LogP contribution is 2.32. The predicted octanol–water partition coefficient (Wildman–Crippen LogP) is 5.72. The zero-order valence-electron chi connectivity index (χ0n) is 20.3. The van der Waals surface area contributed by atoms with Crippen molar-refractivity contribution in [2.24, 2.45) is 0 Å². The Morgan fingerprint density at radius 1 is 1.03 bits per heavy atom. The second kappa shape index (κ2) is 12.3. The van der Waals surface area contributed by atoms with Crippen molar-refractivity contribution in [1.82, 2.24) is 20.1 Å². The molecule has 8 nitrogen and oxygen atoms in total. The number of carbonyl (C=O) groups is 2. The molecule has 0 atom stereocenters. The fourth-order valence-corrected chi connectivity index (χ4v) is 4.49. The number of rotatable bonds is 9. The second-order valence-corrected chi connectivity index (χ2v) is 9.90. The third-order valence-electron chi connectivity index (χ3n) is 5.35. The molecule has 0 saturated heterocycles. The minimum absolute atomic E-state index is 0.0780. The summed E-state index contributed by atoms with van der Waals surface area (Å²) in [5, 5.41) is 13.8. The molecule has 0 aliphatic rings. The zero-order chi connectivity index (χ0) is 28.0. The normalized spacial score (nSPS) is 11.2. The van der Waals surface area contributed by atoms with E-state index in [2.05, 4.69) is 36.8 Å². The third-order valence-corrected chi connectivity index (χ3v) is 6.81. The molecular weight excluding hydrogens is 599 g/mol. The van der Waals surface area contributed by atoms with Gasteiger partial charge in [-0.3, -0.25) is 14.2 Å². The van der Waals surface area contributed by atoms with Crippen molar-refractivity contribution >= 4 is 45.2 Å². The van der Waals surface area contributed by atoms with E-state index in [9.17, 15) is 22.8 Å². The Morgan fingerprint density at radius 3 is 2.41 bits per heavy atom. The number of hydrogen-bond donors (Lipinski definition) is 2. The van der Waals surface area contributed by atoms with Crippen LogP contribution in [0.5, 0.6) is 5.75 Å². The van der Waals surface area contributed by atoms with Gasteiger partial charge in [-0.25, -0.2) is 0 Å². The number of aromatic nitrogens is 3. The summed E-state index contributed by atoms with van der Waals surface area (Å²) in [5.41, 5.74) is 0.232. The number of ether oxygens (including phenoxy) is 1. The van der Waals surface area contributed by atoms with Crippen molar-refractivity contribution in [2.45, 2.75) is 17.9 Å². The number of nitrogens with zero attached hydrogens (tertiary/aromatic N) is 3. The number of amides is 2. The van der Waals surface area contributed by atoms with Gasteiger partial charge in [0.05, 0.1) is 30.7 Å². The van der Waals surface area contributed by atoms with Crippen LogP contribution in [0.2, 0.25) is 0 Å². The van der Waals surface area contributed by atoms with E-state index < -0.39 is 17.6 Å². The molecule has 4 rings (SSSR count). The molecule has 0 aliphatic heterocycles. The molecule has 0 bridgehead atoms. The summed E-state index contributed by atoms with van der Waals surface area (Å²) in [4.78, 5) is 25.2. The molecule has 202 valence electrons. The second-order valence-electron chi connectivity index (χ2n) is 8.04. The van der Waals surface area contributed by atoms with Crippen molar-refractivity contribution in [1.29, 1.82) is 0 Å². The van der Waals surface area contributed by atoms with E-state index in [0.29, 0.717) is 17.0 Å². The fraction of sp³-hybridized carbons (Fsp3) is 0.154. The van der Waals surface area contributed by atoms with Crippen LogP contribution < -0.4 is 15.4 Å². The van der Waals surface area contributed by atoms with Crippen LogP contribution in [0, 0.1) is 0 Å². The minimum Gasteiger partial charge on any atom is -0.497 e. The van der Waals surface area contributed by atoms with E-state index in [1.165, 1.54) is 23.8 Å². The molecule has 0 spiro atoms. The summed E-state index contributed by atoms with van der Waals surface area (Å²) in [6.45, 7) is -0.125. The molecule has 13 heteroatoms. The fourth-order valence-electron chi connectivity index (χ4n) is 3.45. The smallest absolute Gasteiger partial charge is 0.416 e. The molecule has 0 saturated carbocycles. The largest absolute Gasteiger partial charge is 0.497 e. The number of halogens is 4. The van der Waals surface area contributed by atoms with Crippen LogP contribution in [0.3, 0.4) is 0 Å². The van der Waals surface area contributed by atoms with Gasteiger partial charge in [-0.1, -0.05) is 33.8 Å². The Morgan fingerprint density at radius 2 is 1.74 bits per heavy atom. The van der Waals surface area contributed by atoms with Crippen molar-refractivity contribution in [2.75, 3.05) is 18.2 Å². The van der Waals surface area contributed by atoms with Crippen LogP contribution in [-0.4, -0.2) is 39.4 Å². The first-order valence-corrected chi connectivity index (χ1v) is 13.1. The first-order chi connectivity index (χ1) is 18.6. The molecule has 2 amide bonds. The maximum Gasteiger partial charge on any atom is 0.416 e. The number of benzene rings is 3. The summed E-state index contributed by atoms with van der Waals surface area (Å²) in [6, 6.07) is 18.1. The van der Waals surface area contributed by atoms with Crippen LogP contribution in [0.15, 0.2) is 82.4 Å². The Bertz CT molecular complexity index is 1460. The van der Waals surface area contributed by atoms with Crippen molar-refractivity contribution in [3.05, 3.63) is 94.2 Å². The van der Waals surface area contributed by atoms with Crippen LogP contribution >= 0.6 is 27.7 Å². The lowest BCUT2D eigenvalue weighted by atomic mass is 10.2. The predicted molar refractivity (Wildman–Crippen MR) is 144 cm³/mol. The molecule has 0 aliphatic carbocycles. The van der Waals surface area contributed by atoms with E-state index in [0.717, 1.165) is 28.4 Å². The van der Waals surface area contributed by atoms with E-state index >= 15 is 0 Å². The first kappa shape index (κ1) is 28.2. The number of hydrogen-bond acceptors (Lipinski definition) is 6. The van der Waals surface area contributed by atoms with E-state index in [-0.39, 0.29) is 34.9 Å². The van der Waals surface area contributed by atoms with Crippen LogP contribution in [0.25, 0.3) is 5.69 Å². The zero-order valence-corrected chi connectivity index (χ0v) is 22.7. The summed E-state index contributed by atoms with van der Waals surface area (Å²) in [5.74, 6) is -0.0611. The number of methoxy groups -OCH3 is 1. The molecule has 0 unspecified atom stereocenters. The summed E-state index contributed by atoms with van der Waals surface area (Å²) < 4.78 is 47.6. The number of carbonyl (C=O) groups excluding carboxylic acids is 2. The minimum atomic E-state index is -4.56. The standard InChI is InChI=1S/C26H21BrF3N5O3S/c1-38-21-11-5-16(6-12-21)24(37)31-14-22-33-34-25(35(22)20-4-2-3-17(13-20)26(28,29)30)39-15-23(36)32-19-9-7-18(27)8-10-19/h2-13H,14-15H2,1H3,(H,31,37)(H,32,36). The van der Waals surface area contributed by atoms with Crippen LogP contribution in [0.4, 0.5) is 18.9 Å². The Balaban J connectivity index is 1.55. The highest BCUT2D eigenvalue weighted by atomic mass is 79.9. The molecule has 0 radical (unpaired) electrons. The highest BCUT2D eigenvalue weighted by molar-refractivity contribution is 9.10. The quantitative estimate of drug-likeness (QED) is 0.233. The SMILES string of the molecule is COc1ccc(C(=O)NCc2nnc(SCC(=O)Nc3ccc(Br)cc3)n2-c2cccc(C(F)(F)F)c2)cc1. The molecule has 1 heterocycles. The number of anilines is 1. The van der Waals surface area contributed by atoms with Gasteiger partial charge in [0.15, 0.2) is 11.0 Å². The number of alkyl halides is 3. The van der Waals surface area contributed by atoms with Gasteiger partial charge >= 0.3 is 6.18 Å². The van der Waals surface area contributed by atoms with Gasteiger partial charge in [-0.2, -0.15) is 13.2 Å². The van der Waals surface area contributed by atoms with Gasteiger partial charge in [0.25, 0.3) is 5.91 Å². The Hall–Kier alpha value is -3.84. The maximum atomic E-state index is 13.4. The van der Waals surface area contributed by atoms with E-state index in [1.807, 2.05) is 0 Å². The molecule has 39 heavy (non-hydrogen) atoms. The van der Waals surface area contributed by atoms with Crippen molar-refractivity contribution in [3.63, 3.8) is 0 Å². The average molecular weight is 620 g/mol.